The third-order valence-electron chi connectivity index (χ3n) is 4.32. The molecular weight excluding hydrogens is 328 g/mol. The topological polar surface area (TPSA) is 77.8 Å². The van der Waals surface area contributed by atoms with Crippen LogP contribution >= 0.6 is 0 Å². The summed E-state index contributed by atoms with van der Waals surface area (Å²) in [7, 11) is 0. The lowest BCUT2D eigenvalue weighted by Gasteiger charge is -2.16. The van der Waals surface area contributed by atoms with E-state index >= 15 is 0 Å². The molecule has 0 atom stereocenters. The smallest absolute Gasteiger partial charge is 0.339 e. The van der Waals surface area contributed by atoms with Gasteiger partial charge in [0.15, 0.2) is 0 Å². The van der Waals surface area contributed by atoms with E-state index in [0.717, 1.165) is 5.22 Å². The van der Waals surface area contributed by atoms with Crippen molar-refractivity contribution in [1.29, 1.82) is 0 Å². The Balaban J connectivity index is 2.56. The van der Waals surface area contributed by atoms with E-state index < -0.39 is 5.97 Å². The first-order valence-corrected chi connectivity index (χ1v) is 8.13. The SMILES string of the molecule is C/C=C\c1c(C)cc(C(=O)O)c(O)c1-c1c(O)ccc2c1=CC=C=CC=2. The minimum atomic E-state index is -1.22. The maximum Gasteiger partial charge on any atom is 0.339 e. The maximum absolute atomic E-state index is 11.6. The number of aromatic carboxylic acids is 1. The molecule has 130 valence electrons. The zero-order chi connectivity index (χ0) is 18.8. The number of hydrogen-bond acceptors (Lipinski definition) is 3. The molecule has 0 saturated carbocycles. The molecule has 0 saturated heterocycles. The standard InChI is InChI=1S/C22H18O4/c1-3-7-15-13(2)12-17(22(25)26)21(24)20(15)19-16-9-6-4-5-8-14(16)10-11-18(19)23/h3,5-12,23-24H,1-2H3,(H,25,26)/b7-3-. The molecule has 4 heteroatoms. The molecule has 2 aromatic carbocycles. The van der Waals surface area contributed by atoms with Crippen LogP contribution < -0.4 is 10.4 Å². The molecule has 0 fully saturated rings. The van der Waals surface area contributed by atoms with Crippen LogP contribution in [-0.2, 0) is 0 Å². The molecule has 1 aliphatic rings. The number of allylic oxidation sites excluding steroid dienone is 2. The highest BCUT2D eigenvalue weighted by atomic mass is 16.4. The second-order valence-electron chi connectivity index (χ2n) is 5.98. The average Bonchev–Trinajstić information content (AvgIpc) is 2.84. The van der Waals surface area contributed by atoms with Crippen molar-refractivity contribution in [1.82, 2.24) is 0 Å². The van der Waals surface area contributed by atoms with Crippen molar-refractivity contribution in [3.63, 3.8) is 0 Å². The fraction of sp³-hybridized carbons (Fsp3) is 0.0909. The molecule has 26 heavy (non-hydrogen) atoms. The van der Waals surface area contributed by atoms with Crippen molar-refractivity contribution >= 4 is 24.2 Å². The van der Waals surface area contributed by atoms with Crippen molar-refractivity contribution < 1.29 is 20.1 Å². The molecule has 3 N–H and O–H groups in total. The molecule has 4 nitrogen and oxygen atoms in total. The van der Waals surface area contributed by atoms with E-state index in [2.05, 4.69) is 5.73 Å². The Kier molecular flexibility index (Phi) is 4.53. The van der Waals surface area contributed by atoms with Crippen LogP contribution in [0.3, 0.4) is 0 Å². The number of phenols is 2. The summed E-state index contributed by atoms with van der Waals surface area (Å²) in [4.78, 5) is 11.6. The lowest BCUT2D eigenvalue weighted by molar-refractivity contribution is 0.0693. The van der Waals surface area contributed by atoms with E-state index in [-0.39, 0.29) is 17.1 Å². The van der Waals surface area contributed by atoms with Crippen LogP contribution in [0.4, 0.5) is 0 Å². The molecule has 0 aromatic heterocycles. The highest BCUT2D eigenvalue weighted by molar-refractivity contribution is 5.98. The fourth-order valence-corrected chi connectivity index (χ4v) is 3.16. The van der Waals surface area contributed by atoms with E-state index in [1.807, 2.05) is 19.1 Å². The predicted molar refractivity (Wildman–Crippen MR) is 102 cm³/mol. The van der Waals surface area contributed by atoms with Crippen LogP contribution in [0.2, 0.25) is 0 Å². The van der Waals surface area contributed by atoms with Gasteiger partial charge >= 0.3 is 5.97 Å². The van der Waals surface area contributed by atoms with Gasteiger partial charge in [0.2, 0.25) is 0 Å². The first kappa shape index (κ1) is 17.3. The molecule has 2 aromatic rings. The third kappa shape index (κ3) is 2.83. The summed E-state index contributed by atoms with van der Waals surface area (Å²) in [6.45, 7) is 3.62. The highest BCUT2D eigenvalue weighted by Crippen LogP contribution is 2.40. The molecule has 1 aliphatic carbocycles. The number of fused-ring (bicyclic) bond motifs is 1. The van der Waals surface area contributed by atoms with Gasteiger partial charge in [-0.15, -0.1) is 5.73 Å². The van der Waals surface area contributed by atoms with Crippen LogP contribution in [0.15, 0.2) is 42.2 Å². The summed E-state index contributed by atoms with van der Waals surface area (Å²) in [5, 5.41) is 32.3. The number of carbonyl (C=O) groups is 1. The summed E-state index contributed by atoms with van der Waals surface area (Å²) in [5.74, 6) is -1.63. The number of carboxylic acids is 1. The van der Waals surface area contributed by atoms with E-state index in [9.17, 15) is 20.1 Å². The van der Waals surface area contributed by atoms with Crippen LogP contribution in [0, 0.1) is 6.92 Å². The Hall–Kier alpha value is -3.49. The predicted octanol–water partition coefficient (Wildman–Crippen LogP) is 3.09. The number of aryl methyl sites for hydroxylation is 1. The average molecular weight is 346 g/mol. The van der Waals surface area contributed by atoms with Gasteiger partial charge in [0.25, 0.3) is 0 Å². The van der Waals surface area contributed by atoms with E-state index in [4.69, 9.17) is 0 Å². The van der Waals surface area contributed by atoms with Gasteiger partial charge in [0.1, 0.15) is 17.1 Å². The summed E-state index contributed by atoms with van der Waals surface area (Å²) in [5.41, 5.74) is 4.82. The number of benzene rings is 2. The third-order valence-corrected chi connectivity index (χ3v) is 4.32. The molecule has 0 spiro atoms. The van der Waals surface area contributed by atoms with E-state index in [1.165, 1.54) is 6.07 Å². The number of rotatable bonds is 3. The fourth-order valence-electron chi connectivity index (χ4n) is 3.16. The number of hydrogen-bond donors (Lipinski definition) is 3. The number of carboxylic acid groups (broad SMARTS) is 1. The van der Waals surface area contributed by atoms with Gasteiger partial charge in [-0.05, 0) is 71.8 Å². The van der Waals surface area contributed by atoms with Crippen molar-refractivity contribution in [2.24, 2.45) is 0 Å². The molecular formula is C22H18O4. The van der Waals surface area contributed by atoms with Gasteiger partial charge < -0.3 is 15.3 Å². The van der Waals surface area contributed by atoms with Crippen LogP contribution in [-0.4, -0.2) is 21.3 Å². The van der Waals surface area contributed by atoms with Crippen LogP contribution in [0.25, 0.3) is 29.4 Å². The molecule has 0 amide bonds. The molecule has 0 bridgehead atoms. The largest absolute Gasteiger partial charge is 0.507 e. The quantitative estimate of drug-likeness (QED) is 0.747. The summed E-state index contributed by atoms with van der Waals surface area (Å²) in [6, 6.07) is 4.74. The molecule has 0 heterocycles. The minimum Gasteiger partial charge on any atom is -0.507 e. The summed E-state index contributed by atoms with van der Waals surface area (Å²) >= 11 is 0. The van der Waals surface area contributed by atoms with E-state index in [0.29, 0.717) is 27.5 Å². The van der Waals surface area contributed by atoms with Crippen LogP contribution in [0.1, 0.15) is 28.4 Å². The second-order valence-corrected chi connectivity index (χ2v) is 5.98. The van der Waals surface area contributed by atoms with Gasteiger partial charge in [-0.3, -0.25) is 0 Å². The molecule has 3 rings (SSSR count). The number of phenolic OH excluding ortho intramolecular Hbond substituents is 1. The Bertz CT molecular complexity index is 1130. The highest BCUT2D eigenvalue weighted by Gasteiger charge is 2.22. The van der Waals surface area contributed by atoms with Gasteiger partial charge in [-0.25, -0.2) is 4.79 Å². The molecule has 0 radical (unpaired) electrons. The first-order chi connectivity index (χ1) is 12.5. The minimum absolute atomic E-state index is 0.0355. The van der Waals surface area contributed by atoms with Gasteiger partial charge in [-0.1, -0.05) is 18.2 Å². The van der Waals surface area contributed by atoms with E-state index in [1.54, 1.807) is 43.4 Å². The monoisotopic (exact) mass is 346 g/mol. The van der Waals surface area contributed by atoms with Gasteiger partial charge in [-0.2, -0.15) is 0 Å². The first-order valence-electron chi connectivity index (χ1n) is 8.13. The Labute approximate surface area is 150 Å². The molecule has 0 aliphatic heterocycles. The van der Waals surface area contributed by atoms with Crippen molar-refractivity contribution in [3.8, 4) is 22.6 Å². The van der Waals surface area contributed by atoms with Crippen molar-refractivity contribution in [2.45, 2.75) is 13.8 Å². The van der Waals surface area contributed by atoms with Gasteiger partial charge in [0, 0.05) is 11.1 Å². The second kappa shape index (κ2) is 6.79. The normalized spacial score (nSPS) is 12.4. The Morgan fingerprint density at radius 1 is 1.12 bits per heavy atom. The Morgan fingerprint density at radius 2 is 1.85 bits per heavy atom. The Morgan fingerprint density at radius 3 is 2.54 bits per heavy atom. The summed E-state index contributed by atoms with van der Waals surface area (Å²) < 4.78 is 0. The molecule has 0 unspecified atom stereocenters. The zero-order valence-corrected chi connectivity index (χ0v) is 14.4. The van der Waals surface area contributed by atoms with Crippen LogP contribution in [0.5, 0.6) is 11.5 Å². The lowest BCUT2D eigenvalue weighted by Crippen LogP contribution is -2.26. The lowest BCUT2D eigenvalue weighted by atomic mass is 9.89. The van der Waals surface area contributed by atoms with Crippen molar-refractivity contribution in [2.75, 3.05) is 0 Å². The van der Waals surface area contributed by atoms with Gasteiger partial charge in [0.05, 0.1) is 0 Å². The van der Waals surface area contributed by atoms with Crippen molar-refractivity contribution in [3.05, 3.63) is 69.3 Å². The number of aromatic hydroxyl groups is 2. The maximum atomic E-state index is 11.6. The zero-order valence-electron chi connectivity index (χ0n) is 14.4. The summed E-state index contributed by atoms with van der Waals surface area (Å²) in [6.07, 6.45) is 10.7.